The van der Waals surface area contributed by atoms with Crippen molar-refractivity contribution in [3.63, 3.8) is 0 Å². The van der Waals surface area contributed by atoms with Crippen LogP contribution in [0.15, 0.2) is 30.3 Å². The number of nitrogens with one attached hydrogen (secondary N) is 1. The van der Waals surface area contributed by atoms with Crippen LogP contribution in [0, 0.1) is 0 Å². The average molecular weight is 311 g/mol. The molecule has 3 rings (SSSR count). The van der Waals surface area contributed by atoms with Crippen molar-refractivity contribution in [2.45, 2.75) is 0 Å². The molecule has 20 heavy (non-hydrogen) atoms. The Labute approximate surface area is 126 Å². The van der Waals surface area contributed by atoms with Crippen molar-refractivity contribution < 1.29 is 9.47 Å². The molecule has 0 fully saturated rings. The monoisotopic (exact) mass is 310 g/mol. The molecular weight excluding hydrogens is 299 g/mol. The number of hydrogen-bond donors (Lipinski definition) is 2. The third-order valence-corrected chi connectivity index (χ3v) is 3.57. The zero-order valence-corrected chi connectivity index (χ0v) is 12.0. The Morgan fingerprint density at radius 2 is 1.60 bits per heavy atom. The van der Waals surface area contributed by atoms with Gasteiger partial charge in [-0.05, 0) is 12.1 Å². The number of benzene rings is 2. The highest BCUT2D eigenvalue weighted by Crippen LogP contribution is 2.40. The van der Waals surface area contributed by atoms with E-state index in [0.717, 1.165) is 0 Å². The number of ether oxygens (including phenoxy) is 2. The van der Waals surface area contributed by atoms with Gasteiger partial charge in [-0.2, -0.15) is 0 Å². The van der Waals surface area contributed by atoms with E-state index in [4.69, 9.17) is 38.4 Å². The number of nitrogen functional groups attached to an aromatic ring is 1. The molecule has 0 aliphatic carbocycles. The van der Waals surface area contributed by atoms with Crippen LogP contribution in [0.1, 0.15) is 0 Å². The second-order valence-corrected chi connectivity index (χ2v) is 5.12. The summed E-state index contributed by atoms with van der Waals surface area (Å²) in [6.45, 7) is 1.04. The molecule has 0 spiro atoms. The Morgan fingerprint density at radius 3 is 2.25 bits per heavy atom. The lowest BCUT2D eigenvalue weighted by atomic mass is 10.2. The fraction of sp³-hybridized carbons (Fsp3) is 0.143. The third-order valence-electron chi connectivity index (χ3n) is 2.94. The van der Waals surface area contributed by atoms with E-state index in [1.165, 1.54) is 0 Å². The molecule has 0 saturated heterocycles. The Kier molecular flexibility index (Phi) is 3.51. The molecule has 0 amide bonds. The molecule has 2 aromatic rings. The fourth-order valence-electron chi connectivity index (χ4n) is 1.96. The van der Waals surface area contributed by atoms with Crippen LogP contribution in [-0.4, -0.2) is 13.2 Å². The second-order valence-electron chi connectivity index (χ2n) is 4.30. The van der Waals surface area contributed by atoms with Crippen molar-refractivity contribution in [1.82, 2.24) is 0 Å². The van der Waals surface area contributed by atoms with Gasteiger partial charge in [0.1, 0.15) is 13.2 Å². The van der Waals surface area contributed by atoms with Crippen molar-refractivity contribution in [3.8, 4) is 11.5 Å². The summed E-state index contributed by atoms with van der Waals surface area (Å²) in [5.41, 5.74) is 7.82. The van der Waals surface area contributed by atoms with Gasteiger partial charge in [0.25, 0.3) is 0 Å². The Bertz CT molecular complexity index is 642. The Morgan fingerprint density at radius 1 is 1.00 bits per heavy atom. The van der Waals surface area contributed by atoms with E-state index >= 15 is 0 Å². The number of para-hydroxylation sites is 1. The maximum absolute atomic E-state index is 6.13. The van der Waals surface area contributed by atoms with Gasteiger partial charge >= 0.3 is 0 Å². The molecule has 104 valence electrons. The van der Waals surface area contributed by atoms with Crippen LogP contribution in [0.2, 0.25) is 10.0 Å². The highest BCUT2D eigenvalue weighted by atomic mass is 35.5. The first kappa shape index (κ1) is 13.2. The molecule has 0 saturated carbocycles. The third kappa shape index (κ3) is 2.44. The van der Waals surface area contributed by atoms with Gasteiger partial charge in [0.2, 0.25) is 0 Å². The van der Waals surface area contributed by atoms with Crippen LogP contribution in [-0.2, 0) is 0 Å². The molecule has 1 heterocycles. The zero-order chi connectivity index (χ0) is 14.1. The largest absolute Gasteiger partial charge is 0.486 e. The lowest BCUT2D eigenvalue weighted by Gasteiger charge is -2.21. The highest BCUT2D eigenvalue weighted by Gasteiger charge is 2.16. The fourth-order valence-corrected chi connectivity index (χ4v) is 2.46. The van der Waals surface area contributed by atoms with Gasteiger partial charge in [-0.15, -0.1) is 0 Å². The maximum atomic E-state index is 6.13. The molecule has 6 heteroatoms. The number of anilines is 3. The minimum atomic E-state index is 0.517. The van der Waals surface area contributed by atoms with Crippen molar-refractivity contribution in [2.75, 3.05) is 24.3 Å². The van der Waals surface area contributed by atoms with Crippen molar-refractivity contribution in [2.24, 2.45) is 0 Å². The molecule has 0 unspecified atom stereocenters. The highest BCUT2D eigenvalue weighted by molar-refractivity contribution is 6.39. The first-order chi connectivity index (χ1) is 9.65. The summed E-state index contributed by atoms with van der Waals surface area (Å²) in [4.78, 5) is 0. The van der Waals surface area contributed by atoms with Gasteiger partial charge in [0.15, 0.2) is 11.5 Å². The number of halogens is 2. The average Bonchev–Trinajstić information content (AvgIpc) is 2.43. The van der Waals surface area contributed by atoms with E-state index in [1.54, 1.807) is 30.3 Å². The van der Waals surface area contributed by atoms with Crippen LogP contribution in [0.25, 0.3) is 0 Å². The van der Waals surface area contributed by atoms with Gasteiger partial charge in [0.05, 0.1) is 27.1 Å². The molecule has 0 aromatic heterocycles. The minimum Gasteiger partial charge on any atom is -0.486 e. The first-order valence-electron chi connectivity index (χ1n) is 6.05. The Balaban J connectivity index is 1.98. The molecular formula is C14H12Cl2N2O2. The standard InChI is InChI=1S/C14H12Cl2N2O2/c15-8-2-1-3-9(16)14(8)18-11-7-13-12(6-10(11)17)19-4-5-20-13/h1-3,6-7,18H,4-5,17H2. The van der Waals surface area contributed by atoms with E-state index in [9.17, 15) is 0 Å². The summed E-state index contributed by atoms with van der Waals surface area (Å²) in [6.07, 6.45) is 0. The molecule has 4 nitrogen and oxygen atoms in total. The number of nitrogens with two attached hydrogens (primary N) is 1. The lowest BCUT2D eigenvalue weighted by molar-refractivity contribution is 0.172. The summed E-state index contributed by atoms with van der Waals surface area (Å²) in [6, 6.07) is 8.79. The first-order valence-corrected chi connectivity index (χ1v) is 6.81. The predicted octanol–water partition coefficient (Wildman–Crippen LogP) is 4.09. The second kappa shape index (κ2) is 5.31. The van der Waals surface area contributed by atoms with Crippen molar-refractivity contribution >= 4 is 40.3 Å². The van der Waals surface area contributed by atoms with Crippen LogP contribution in [0.4, 0.5) is 17.1 Å². The number of fused-ring (bicyclic) bond motifs is 1. The van der Waals surface area contributed by atoms with Crippen LogP contribution < -0.4 is 20.5 Å². The van der Waals surface area contributed by atoms with Crippen LogP contribution >= 0.6 is 23.2 Å². The van der Waals surface area contributed by atoms with Gasteiger partial charge in [0, 0.05) is 12.1 Å². The van der Waals surface area contributed by atoms with Gasteiger partial charge in [-0.25, -0.2) is 0 Å². The summed E-state index contributed by atoms with van der Waals surface area (Å²) in [5, 5.41) is 4.17. The van der Waals surface area contributed by atoms with E-state index in [1.807, 2.05) is 0 Å². The quantitative estimate of drug-likeness (QED) is 0.820. The normalized spacial score (nSPS) is 13.1. The van der Waals surface area contributed by atoms with E-state index < -0.39 is 0 Å². The van der Waals surface area contributed by atoms with E-state index in [-0.39, 0.29) is 0 Å². The van der Waals surface area contributed by atoms with Gasteiger partial charge < -0.3 is 20.5 Å². The van der Waals surface area contributed by atoms with Crippen LogP contribution in [0.5, 0.6) is 11.5 Å². The minimum absolute atomic E-state index is 0.517. The summed E-state index contributed by atoms with van der Waals surface area (Å²) >= 11 is 12.3. The Hall–Kier alpha value is -1.78. The molecule has 1 aliphatic rings. The van der Waals surface area contributed by atoms with E-state index in [2.05, 4.69) is 5.32 Å². The molecule has 0 bridgehead atoms. The van der Waals surface area contributed by atoms with Gasteiger partial charge in [-0.3, -0.25) is 0 Å². The number of rotatable bonds is 2. The summed E-state index contributed by atoms with van der Waals surface area (Å²) in [5.74, 6) is 1.29. The molecule has 1 aliphatic heterocycles. The zero-order valence-electron chi connectivity index (χ0n) is 10.5. The van der Waals surface area contributed by atoms with Gasteiger partial charge in [-0.1, -0.05) is 29.3 Å². The molecule has 0 atom stereocenters. The van der Waals surface area contributed by atoms with Crippen molar-refractivity contribution in [3.05, 3.63) is 40.4 Å². The molecule has 2 aromatic carbocycles. The number of hydrogen-bond acceptors (Lipinski definition) is 4. The van der Waals surface area contributed by atoms with Crippen molar-refractivity contribution in [1.29, 1.82) is 0 Å². The maximum Gasteiger partial charge on any atom is 0.163 e. The van der Waals surface area contributed by atoms with Crippen LogP contribution in [0.3, 0.4) is 0 Å². The SMILES string of the molecule is Nc1cc2c(cc1Nc1c(Cl)cccc1Cl)OCCO2. The predicted molar refractivity (Wildman–Crippen MR) is 81.6 cm³/mol. The molecule has 0 radical (unpaired) electrons. The summed E-state index contributed by atoms with van der Waals surface area (Å²) < 4.78 is 11.0. The smallest absolute Gasteiger partial charge is 0.163 e. The molecule has 3 N–H and O–H groups in total. The topological polar surface area (TPSA) is 56.5 Å². The lowest BCUT2D eigenvalue weighted by Crippen LogP contribution is -2.15. The van der Waals surface area contributed by atoms with E-state index in [0.29, 0.717) is 51.8 Å². The summed E-state index contributed by atoms with van der Waals surface area (Å²) in [7, 11) is 0.